The second-order valence-corrected chi connectivity index (χ2v) is 9.97. The van der Waals surface area contributed by atoms with Crippen LogP contribution in [0.25, 0.3) is 0 Å². The predicted octanol–water partition coefficient (Wildman–Crippen LogP) is 3.99. The summed E-state index contributed by atoms with van der Waals surface area (Å²) < 4.78 is 11.0. The molecule has 0 heterocycles. The van der Waals surface area contributed by atoms with E-state index < -0.39 is 0 Å². The molecule has 0 aliphatic heterocycles. The van der Waals surface area contributed by atoms with Gasteiger partial charge in [-0.15, -0.1) is 0 Å². The molecule has 2 N–H and O–H groups in total. The maximum absolute atomic E-state index is 12.7. The number of rotatable bonds is 9. The molecule has 4 aliphatic rings. The Morgan fingerprint density at radius 2 is 1.72 bits per heavy atom. The van der Waals surface area contributed by atoms with Crippen molar-refractivity contribution < 1.29 is 19.1 Å². The van der Waals surface area contributed by atoms with Gasteiger partial charge in [0.2, 0.25) is 5.91 Å². The van der Waals surface area contributed by atoms with Crippen molar-refractivity contribution >= 4 is 11.8 Å². The lowest BCUT2D eigenvalue weighted by Gasteiger charge is -2.57. The van der Waals surface area contributed by atoms with Gasteiger partial charge >= 0.3 is 0 Å². The van der Waals surface area contributed by atoms with Crippen LogP contribution in [0.4, 0.5) is 0 Å². The van der Waals surface area contributed by atoms with Crippen LogP contribution in [0.3, 0.4) is 0 Å². The fourth-order valence-corrected chi connectivity index (χ4v) is 6.52. The first kappa shape index (κ1) is 22.7. The Bertz CT molecular complexity index is 857. The van der Waals surface area contributed by atoms with Gasteiger partial charge in [-0.1, -0.05) is 11.6 Å². The minimum atomic E-state index is -0.174. The number of ether oxygens (including phenoxy) is 2. The summed E-state index contributed by atoms with van der Waals surface area (Å²) in [6, 6.07) is 5.49. The maximum atomic E-state index is 12.7. The molecule has 0 saturated heterocycles. The third-order valence-electron chi connectivity index (χ3n) is 7.65. The molecule has 6 heteroatoms. The molecule has 4 aliphatic carbocycles. The Labute approximate surface area is 191 Å². The lowest BCUT2D eigenvalue weighted by Crippen LogP contribution is -2.46. The van der Waals surface area contributed by atoms with Crippen LogP contribution >= 0.6 is 0 Å². The van der Waals surface area contributed by atoms with Gasteiger partial charge in [-0.3, -0.25) is 9.59 Å². The van der Waals surface area contributed by atoms with Gasteiger partial charge in [0.1, 0.15) is 0 Å². The number of nitrogens with one attached hydrogen (secondary N) is 2. The van der Waals surface area contributed by atoms with Crippen molar-refractivity contribution in [2.45, 2.75) is 58.9 Å². The zero-order valence-corrected chi connectivity index (χ0v) is 19.5. The number of benzene rings is 1. The van der Waals surface area contributed by atoms with E-state index in [9.17, 15) is 9.59 Å². The van der Waals surface area contributed by atoms with Crippen molar-refractivity contribution in [3.8, 4) is 11.5 Å². The van der Waals surface area contributed by atoms with Gasteiger partial charge in [-0.05, 0) is 93.2 Å². The first-order valence-corrected chi connectivity index (χ1v) is 11.9. The van der Waals surface area contributed by atoms with E-state index in [1.54, 1.807) is 13.2 Å². The first-order chi connectivity index (χ1) is 15.4. The van der Waals surface area contributed by atoms with Crippen LogP contribution in [0.5, 0.6) is 11.5 Å². The SMILES string of the molecule is CCNC(=O)COc1ccc(CNC(=O)/C=C(/C)C23CC4CC(CC(C4)C2)C3)cc1OC. The Kier molecular flexibility index (Phi) is 6.77. The Morgan fingerprint density at radius 3 is 2.31 bits per heavy atom. The van der Waals surface area contributed by atoms with Crippen molar-refractivity contribution in [2.75, 3.05) is 20.3 Å². The summed E-state index contributed by atoms with van der Waals surface area (Å²) >= 11 is 0. The van der Waals surface area contributed by atoms with Gasteiger partial charge in [0, 0.05) is 19.2 Å². The largest absolute Gasteiger partial charge is 0.493 e. The number of hydrogen-bond acceptors (Lipinski definition) is 4. The van der Waals surface area contributed by atoms with E-state index in [0.29, 0.717) is 24.6 Å². The molecule has 4 bridgehead atoms. The molecule has 174 valence electrons. The van der Waals surface area contributed by atoms with Gasteiger partial charge in [-0.25, -0.2) is 0 Å². The van der Waals surface area contributed by atoms with Crippen molar-refractivity contribution in [1.82, 2.24) is 10.6 Å². The quantitative estimate of drug-likeness (QED) is 0.570. The molecule has 0 unspecified atom stereocenters. The Hall–Kier alpha value is -2.50. The van der Waals surface area contributed by atoms with E-state index in [1.165, 1.54) is 44.1 Å². The number of amides is 2. The lowest BCUT2D eigenvalue weighted by atomic mass is 9.48. The molecule has 1 aromatic rings. The van der Waals surface area contributed by atoms with Crippen molar-refractivity contribution in [1.29, 1.82) is 0 Å². The maximum Gasteiger partial charge on any atom is 0.257 e. The van der Waals surface area contributed by atoms with Crippen molar-refractivity contribution in [3.05, 3.63) is 35.4 Å². The van der Waals surface area contributed by atoms with Gasteiger partial charge in [0.05, 0.1) is 7.11 Å². The van der Waals surface area contributed by atoms with E-state index >= 15 is 0 Å². The van der Waals surface area contributed by atoms with Crippen LogP contribution in [0, 0.1) is 23.2 Å². The van der Waals surface area contributed by atoms with Gasteiger partial charge < -0.3 is 20.1 Å². The first-order valence-electron chi connectivity index (χ1n) is 11.9. The van der Waals surface area contributed by atoms with Gasteiger partial charge in [0.15, 0.2) is 18.1 Å². The van der Waals surface area contributed by atoms with Crippen molar-refractivity contribution in [3.63, 3.8) is 0 Å². The smallest absolute Gasteiger partial charge is 0.257 e. The molecule has 1 aromatic carbocycles. The summed E-state index contributed by atoms with van der Waals surface area (Å²) in [6.45, 7) is 4.94. The van der Waals surface area contributed by atoms with Crippen LogP contribution < -0.4 is 20.1 Å². The molecule has 0 spiro atoms. The molecule has 32 heavy (non-hydrogen) atoms. The second kappa shape index (κ2) is 9.55. The Morgan fingerprint density at radius 1 is 1.06 bits per heavy atom. The minimum Gasteiger partial charge on any atom is -0.493 e. The fourth-order valence-electron chi connectivity index (χ4n) is 6.52. The molecule has 4 fully saturated rings. The highest BCUT2D eigenvalue weighted by Gasteiger charge is 2.51. The highest BCUT2D eigenvalue weighted by atomic mass is 16.5. The predicted molar refractivity (Wildman–Crippen MR) is 123 cm³/mol. The molecule has 0 aromatic heterocycles. The zero-order chi connectivity index (χ0) is 22.7. The summed E-state index contributed by atoms with van der Waals surface area (Å²) in [5, 5.41) is 5.72. The van der Waals surface area contributed by atoms with Crippen molar-refractivity contribution in [2.24, 2.45) is 23.2 Å². The standard InChI is InChI=1S/C26H36N2O4/c1-4-27-25(30)16-32-22-6-5-18(11-23(22)31-3)15-28-24(29)7-17(2)26-12-19-8-20(13-26)10-21(9-19)14-26/h5-7,11,19-21H,4,8-10,12-16H2,1-3H3,(H,27,30)(H,28,29)/b17-7-. The number of allylic oxidation sites excluding steroid dienone is 1. The highest BCUT2D eigenvalue weighted by molar-refractivity contribution is 5.88. The summed E-state index contributed by atoms with van der Waals surface area (Å²) in [5.74, 6) is 3.45. The molecule has 6 nitrogen and oxygen atoms in total. The number of carbonyl (C=O) groups excluding carboxylic acids is 2. The van der Waals surface area contributed by atoms with E-state index in [-0.39, 0.29) is 23.8 Å². The average molecular weight is 441 g/mol. The third kappa shape index (κ3) is 4.94. The van der Waals surface area contributed by atoms with Gasteiger partial charge in [0.25, 0.3) is 5.91 Å². The van der Waals surface area contributed by atoms with Gasteiger partial charge in [-0.2, -0.15) is 0 Å². The van der Waals surface area contributed by atoms with E-state index in [4.69, 9.17) is 9.47 Å². The average Bonchev–Trinajstić information content (AvgIpc) is 2.75. The number of likely N-dealkylation sites (N-methyl/N-ethyl adjacent to an activating group) is 1. The molecule has 4 saturated carbocycles. The summed E-state index contributed by atoms with van der Waals surface area (Å²) in [6.07, 6.45) is 9.86. The zero-order valence-electron chi connectivity index (χ0n) is 19.5. The topological polar surface area (TPSA) is 76.7 Å². The number of hydrogen-bond donors (Lipinski definition) is 2. The molecule has 0 radical (unpaired) electrons. The summed E-state index contributed by atoms with van der Waals surface area (Å²) in [5.41, 5.74) is 2.44. The van der Waals surface area contributed by atoms with Crippen LogP contribution in [0.2, 0.25) is 0 Å². The Balaban J connectivity index is 1.34. The summed E-state index contributed by atoms with van der Waals surface area (Å²) in [4.78, 5) is 24.3. The van der Waals surface area contributed by atoms with E-state index in [2.05, 4.69) is 17.6 Å². The number of carbonyl (C=O) groups is 2. The fraction of sp³-hybridized carbons (Fsp3) is 0.615. The molecular weight excluding hydrogens is 404 g/mol. The number of methoxy groups -OCH3 is 1. The molecule has 2 amide bonds. The highest BCUT2D eigenvalue weighted by Crippen LogP contribution is 2.62. The summed E-state index contributed by atoms with van der Waals surface area (Å²) in [7, 11) is 1.56. The molecular formula is C26H36N2O4. The van der Waals surface area contributed by atoms with E-state index in [0.717, 1.165) is 23.3 Å². The van der Waals surface area contributed by atoms with E-state index in [1.807, 2.05) is 25.1 Å². The molecule has 5 rings (SSSR count). The third-order valence-corrected chi connectivity index (χ3v) is 7.65. The second-order valence-electron chi connectivity index (χ2n) is 9.97. The minimum absolute atomic E-state index is 0.0335. The molecule has 0 atom stereocenters. The normalized spacial score (nSPS) is 28.3. The lowest BCUT2D eigenvalue weighted by molar-refractivity contribution is -0.123. The van der Waals surface area contributed by atoms with Crippen LogP contribution in [0.15, 0.2) is 29.8 Å². The van der Waals surface area contributed by atoms with Crippen LogP contribution in [-0.4, -0.2) is 32.1 Å². The van der Waals surface area contributed by atoms with Crippen LogP contribution in [0.1, 0.15) is 57.9 Å². The van der Waals surface area contributed by atoms with Crippen LogP contribution in [-0.2, 0) is 16.1 Å². The monoisotopic (exact) mass is 440 g/mol.